The van der Waals surface area contributed by atoms with Gasteiger partial charge < -0.3 is 100 Å². The first kappa shape index (κ1) is 69.5. The maximum absolute atomic E-state index is 13.3. The fourth-order valence-corrected chi connectivity index (χ4v) is 10.00. The van der Waals surface area contributed by atoms with Crippen molar-refractivity contribution in [2.24, 2.45) is 0 Å². The number of hydrogen-bond acceptors (Lipinski definition) is 20. The number of carboxylic acids is 1. The molecular weight excluding hydrogens is 1020 g/mol. The van der Waals surface area contributed by atoms with Crippen molar-refractivity contribution in [3.8, 4) is 0 Å². The molecule has 0 saturated carbocycles. The molecule has 3 fully saturated rings. The van der Waals surface area contributed by atoms with E-state index in [0.29, 0.717) is 19.3 Å². The maximum atomic E-state index is 13.3. The summed E-state index contributed by atoms with van der Waals surface area (Å²) in [5.41, 5.74) is 0. The Kier molecular flexibility index (Phi) is 33.9. The number of carbonyl (C=O) groups excluding carboxylic acids is 2. The molecule has 3 heterocycles. The Bertz CT molecular complexity index is 1710. The highest BCUT2D eigenvalue weighted by Gasteiger charge is 2.60. The number of carboxylic acid groups (broad SMARTS) is 1. The summed E-state index contributed by atoms with van der Waals surface area (Å²) in [6.45, 7) is 2.07. The second-order valence-electron chi connectivity index (χ2n) is 21.1. The molecule has 3 aliphatic rings. The number of hydrogen-bond donors (Lipinski definition) is 14. The Balaban J connectivity index is 1.71. The molecule has 3 aliphatic heterocycles. The number of allylic oxidation sites excluding steroid dienone is 4. The van der Waals surface area contributed by atoms with E-state index in [9.17, 15) is 75.7 Å². The number of nitrogens with one attached hydrogen (secondary N) is 2. The molecule has 0 bridgehead atoms. The van der Waals surface area contributed by atoms with Crippen molar-refractivity contribution in [2.45, 2.75) is 278 Å². The van der Waals surface area contributed by atoms with Crippen LogP contribution in [0, 0.1) is 0 Å². The first-order valence-corrected chi connectivity index (χ1v) is 28.7. The fourth-order valence-electron chi connectivity index (χ4n) is 10.00. The number of unbranched alkanes of at least 4 members (excludes halogenated alkanes) is 16. The molecule has 0 radical (unpaired) electrons. The zero-order chi connectivity index (χ0) is 57.6. The van der Waals surface area contributed by atoms with Crippen molar-refractivity contribution in [3.63, 3.8) is 0 Å². The van der Waals surface area contributed by atoms with Crippen molar-refractivity contribution < 1.29 is 104 Å². The quantitative estimate of drug-likeness (QED) is 0.0304. The van der Waals surface area contributed by atoms with Gasteiger partial charge in [0.05, 0.1) is 50.7 Å². The van der Waals surface area contributed by atoms with E-state index in [1.54, 1.807) is 0 Å². The van der Waals surface area contributed by atoms with Gasteiger partial charge in [0, 0.05) is 19.8 Å². The van der Waals surface area contributed by atoms with E-state index < -0.39 is 155 Å². The van der Waals surface area contributed by atoms with E-state index >= 15 is 0 Å². The summed E-state index contributed by atoms with van der Waals surface area (Å²) in [7, 11) is 0. The van der Waals surface area contributed by atoms with Gasteiger partial charge in [-0.1, -0.05) is 141 Å². The van der Waals surface area contributed by atoms with Crippen LogP contribution in [0.25, 0.3) is 0 Å². The standard InChI is InChI=1S/C55H98N2O21/c1-4-6-8-10-12-14-16-17-19-21-23-25-27-29-42(65)57-36(37(62)28-26-24-22-20-18-15-13-11-9-7-5-2)34-73-52-47(69)46(68)49(41(33-60)75-52)76-53-48(70)51(45(67)40(32-59)74-53)78-55(54(71)72)30-38(63)43(56-35(3)61)50(77-55)44(66)39(64)31-58/h17,19,23,25,36-41,43-53,58-60,62-64,66-70H,4-16,18,20-22,24,26-34H2,1-3H3,(H,56,61)(H,57,65)(H,71,72)/b19-17-,25-23-. The molecule has 454 valence electrons. The molecule has 0 aliphatic carbocycles. The normalized spacial score (nSPS) is 31.3. The topological polar surface area (TPSA) is 373 Å². The minimum atomic E-state index is -3.08. The van der Waals surface area contributed by atoms with E-state index in [4.69, 9.17) is 28.4 Å². The number of carbonyl (C=O) groups is 3. The third kappa shape index (κ3) is 22.9. The highest BCUT2D eigenvalue weighted by molar-refractivity contribution is 5.77. The zero-order valence-electron chi connectivity index (χ0n) is 46.3. The van der Waals surface area contributed by atoms with Gasteiger partial charge >= 0.3 is 5.97 Å². The number of aliphatic hydroxyl groups is 11. The molecule has 3 rings (SSSR count). The van der Waals surface area contributed by atoms with Crippen LogP contribution < -0.4 is 10.6 Å². The van der Waals surface area contributed by atoms with Crippen molar-refractivity contribution >= 4 is 17.8 Å². The Morgan fingerprint density at radius 2 is 1.23 bits per heavy atom. The van der Waals surface area contributed by atoms with E-state index in [-0.39, 0.29) is 12.3 Å². The van der Waals surface area contributed by atoms with Crippen LogP contribution in [0.3, 0.4) is 0 Å². The molecule has 18 unspecified atom stereocenters. The molecule has 0 aromatic rings. The molecule has 78 heavy (non-hydrogen) atoms. The number of ether oxygens (including phenoxy) is 6. The minimum Gasteiger partial charge on any atom is -0.477 e. The average molecular weight is 1120 g/mol. The van der Waals surface area contributed by atoms with E-state index in [1.807, 2.05) is 12.2 Å². The van der Waals surface area contributed by atoms with Crippen LogP contribution in [0.1, 0.15) is 168 Å². The number of rotatable bonds is 40. The minimum absolute atomic E-state index is 0.116. The van der Waals surface area contributed by atoms with Crippen LogP contribution >= 0.6 is 0 Å². The second kappa shape index (κ2) is 38.1. The Morgan fingerprint density at radius 3 is 1.79 bits per heavy atom. The predicted molar refractivity (Wildman–Crippen MR) is 283 cm³/mol. The fraction of sp³-hybridized carbons (Fsp3) is 0.873. The average Bonchev–Trinajstić information content (AvgIpc) is 3.51. The summed E-state index contributed by atoms with van der Waals surface area (Å²) in [6.07, 6.45) is 1.07. The first-order valence-electron chi connectivity index (χ1n) is 28.7. The number of aliphatic carboxylic acids is 1. The number of aliphatic hydroxyl groups excluding tert-OH is 11. The lowest BCUT2D eigenvalue weighted by Gasteiger charge is -2.50. The van der Waals surface area contributed by atoms with Gasteiger partial charge in [0.2, 0.25) is 11.8 Å². The lowest BCUT2D eigenvalue weighted by atomic mass is 9.88. The summed E-state index contributed by atoms with van der Waals surface area (Å²) in [6, 6.07) is -2.56. The van der Waals surface area contributed by atoms with E-state index in [2.05, 4.69) is 36.6 Å². The molecule has 0 spiro atoms. The third-order valence-electron chi connectivity index (χ3n) is 14.7. The molecular formula is C55H98N2O21. The molecule has 14 N–H and O–H groups in total. The van der Waals surface area contributed by atoms with Crippen LogP contribution in [0.4, 0.5) is 0 Å². The largest absolute Gasteiger partial charge is 0.477 e. The summed E-state index contributed by atoms with van der Waals surface area (Å²) >= 11 is 0. The molecule has 18 atom stereocenters. The summed E-state index contributed by atoms with van der Waals surface area (Å²) in [4.78, 5) is 38.2. The Labute approximate surface area is 460 Å². The zero-order valence-corrected chi connectivity index (χ0v) is 46.3. The first-order chi connectivity index (χ1) is 37.4. The van der Waals surface area contributed by atoms with Gasteiger partial charge in [0.25, 0.3) is 5.79 Å². The SMILES string of the molecule is CCCCCCCC/C=C\C/C=C\CCC(=O)NC(COC1OC(CO)C(OC2OC(CO)C(O)C(OC3(C(=O)O)CC(O)C(NC(C)=O)C(C(O)C(O)CO)O3)C2O)C(O)C1O)C(O)CCCCCCCCCCCCC. The van der Waals surface area contributed by atoms with Crippen molar-refractivity contribution in [2.75, 3.05) is 26.4 Å². The van der Waals surface area contributed by atoms with Crippen LogP contribution in [0.2, 0.25) is 0 Å². The molecule has 3 saturated heterocycles. The van der Waals surface area contributed by atoms with Gasteiger partial charge in [-0.05, 0) is 32.1 Å². The summed E-state index contributed by atoms with van der Waals surface area (Å²) in [5.74, 6) is -6.18. The molecule has 2 amide bonds. The number of amides is 2. The van der Waals surface area contributed by atoms with Gasteiger partial charge in [-0.25, -0.2) is 4.79 Å². The van der Waals surface area contributed by atoms with Crippen LogP contribution in [0.15, 0.2) is 24.3 Å². The van der Waals surface area contributed by atoms with Crippen LogP contribution in [-0.4, -0.2) is 215 Å². The van der Waals surface area contributed by atoms with Crippen molar-refractivity contribution in [1.82, 2.24) is 10.6 Å². The lowest BCUT2D eigenvalue weighted by Crippen LogP contribution is -2.70. The van der Waals surface area contributed by atoms with E-state index in [1.165, 1.54) is 70.6 Å². The second-order valence-corrected chi connectivity index (χ2v) is 21.1. The Morgan fingerprint density at radius 1 is 0.667 bits per heavy atom. The summed E-state index contributed by atoms with van der Waals surface area (Å²) in [5, 5.41) is 135. The van der Waals surface area contributed by atoms with Gasteiger partial charge in [-0.2, -0.15) is 0 Å². The van der Waals surface area contributed by atoms with Crippen molar-refractivity contribution in [1.29, 1.82) is 0 Å². The Hall–Kier alpha value is -2.79. The highest BCUT2D eigenvalue weighted by Crippen LogP contribution is 2.38. The van der Waals surface area contributed by atoms with Gasteiger partial charge in [0.1, 0.15) is 67.1 Å². The predicted octanol–water partition coefficient (Wildman–Crippen LogP) is 1.38. The molecule has 23 nitrogen and oxygen atoms in total. The van der Waals surface area contributed by atoms with Gasteiger partial charge in [-0.15, -0.1) is 0 Å². The van der Waals surface area contributed by atoms with Gasteiger partial charge in [-0.3, -0.25) is 9.59 Å². The van der Waals surface area contributed by atoms with Gasteiger partial charge in [0.15, 0.2) is 12.6 Å². The smallest absolute Gasteiger partial charge is 0.364 e. The monoisotopic (exact) mass is 1120 g/mol. The van der Waals surface area contributed by atoms with Crippen LogP contribution in [-0.2, 0) is 42.8 Å². The van der Waals surface area contributed by atoms with Crippen LogP contribution in [0.5, 0.6) is 0 Å². The summed E-state index contributed by atoms with van der Waals surface area (Å²) < 4.78 is 34.6. The third-order valence-corrected chi connectivity index (χ3v) is 14.7. The lowest BCUT2D eigenvalue weighted by molar-refractivity contribution is -0.386. The molecule has 0 aromatic carbocycles. The highest BCUT2D eigenvalue weighted by atomic mass is 16.8. The molecule has 0 aromatic heterocycles. The van der Waals surface area contributed by atoms with E-state index in [0.717, 1.165) is 51.9 Å². The van der Waals surface area contributed by atoms with Crippen molar-refractivity contribution in [3.05, 3.63) is 24.3 Å². The maximum Gasteiger partial charge on any atom is 0.364 e. The molecule has 23 heteroatoms.